The van der Waals surface area contributed by atoms with Crippen LogP contribution in [0.15, 0.2) is 0 Å². The van der Waals surface area contributed by atoms with E-state index in [0.29, 0.717) is 37.7 Å². The van der Waals surface area contributed by atoms with Gasteiger partial charge in [-0.1, -0.05) is 24.7 Å². The smallest absolute Gasteiger partial charge is 0.409 e. The molecule has 2 aromatic rings. The second-order valence-electron chi connectivity index (χ2n) is 7.55. The SMILES string of the molecule is CCCCc1c(C)nn(-c2nc(C)c(C(=O)N3CCN(C(=O)OCC)CC3)s2)c1C. The first-order chi connectivity index (χ1) is 14.4. The van der Waals surface area contributed by atoms with Crippen LogP contribution in [0.1, 0.15) is 59.0 Å². The van der Waals surface area contributed by atoms with Gasteiger partial charge in [-0.15, -0.1) is 0 Å². The molecule has 0 atom stereocenters. The number of hydrogen-bond acceptors (Lipinski definition) is 6. The van der Waals surface area contributed by atoms with E-state index < -0.39 is 0 Å². The summed E-state index contributed by atoms with van der Waals surface area (Å²) in [6.07, 6.45) is 2.97. The number of amides is 2. The van der Waals surface area contributed by atoms with E-state index in [-0.39, 0.29) is 12.0 Å². The highest BCUT2D eigenvalue weighted by Gasteiger charge is 2.28. The van der Waals surface area contributed by atoms with Gasteiger partial charge in [0, 0.05) is 31.9 Å². The van der Waals surface area contributed by atoms with E-state index in [9.17, 15) is 9.59 Å². The van der Waals surface area contributed by atoms with Crippen LogP contribution < -0.4 is 0 Å². The molecule has 0 aromatic carbocycles. The molecular weight excluding hydrogens is 402 g/mol. The average Bonchev–Trinajstić information content (AvgIpc) is 3.25. The lowest BCUT2D eigenvalue weighted by molar-refractivity contribution is 0.0573. The Morgan fingerprint density at radius 1 is 1.03 bits per heavy atom. The maximum atomic E-state index is 13.1. The molecule has 0 N–H and O–H groups in total. The topological polar surface area (TPSA) is 80.6 Å². The summed E-state index contributed by atoms with van der Waals surface area (Å²) in [5.74, 6) is -0.0347. The van der Waals surface area contributed by atoms with E-state index in [2.05, 4.69) is 23.9 Å². The summed E-state index contributed by atoms with van der Waals surface area (Å²) in [5, 5.41) is 5.41. The van der Waals surface area contributed by atoms with Gasteiger partial charge in [-0.05, 0) is 46.1 Å². The molecule has 9 heteroatoms. The lowest BCUT2D eigenvalue weighted by Crippen LogP contribution is -2.50. The van der Waals surface area contributed by atoms with Gasteiger partial charge < -0.3 is 14.5 Å². The molecule has 8 nitrogen and oxygen atoms in total. The van der Waals surface area contributed by atoms with Crippen molar-refractivity contribution >= 4 is 23.3 Å². The Morgan fingerprint density at radius 2 is 1.70 bits per heavy atom. The van der Waals surface area contributed by atoms with Gasteiger partial charge in [0.25, 0.3) is 5.91 Å². The molecule has 0 spiro atoms. The van der Waals surface area contributed by atoms with Crippen LogP contribution in [-0.2, 0) is 11.2 Å². The zero-order valence-electron chi connectivity index (χ0n) is 18.5. The van der Waals surface area contributed by atoms with E-state index in [1.807, 2.05) is 18.5 Å². The fourth-order valence-corrected chi connectivity index (χ4v) is 4.74. The summed E-state index contributed by atoms with van der Waals surface area (Å²) >= 11 is 1.38. The Kier molecular flexibility index (Phi) is 7.12. The van der Waals surface area contributed by atoms with Gasteiger partial charge in [-0.2, -0.15) is 5.10 Å². The van der Waals surface area contributed by atoms with Crippen LogP contribution in [-0.4, -0.2) is 69.4 Å². The summed E-state index contributed by atoms with van der Waals surface area (Å²) in [7, 11) is 0. The number of carbonyl (C=O) groups excluding carboxylic acids is 2. The molecule has 1 saturated heterocycles. The molecule has 3 rings (SSSR count). The fraction of sp³-hybridized carbons (Fsp3) is 0.619. The number of ether oxygens (including phenoxy) is 1. The van der Waals surface area contributed by atoms with Crippen LogP contribution in [0, 0.1) is 20.8 Å². The molecular formula is C21H31N5O3S. The van der Waals surface area contributed by atoms with Crippen molar-refractivity contribution in [1.82, 2.24) is 24.6 Å². The predicted molar refractivity (Wildman–Crippen MR) is 117 cm³/mol. The minimum Gasteiger partial charge on any atom is -0.450 e. The van der Waals surface area contributed by atoms with Crippen molar-refractivity contribution in [2.24, 2.45) is 0 Å². The number of aromatic nitrogens is 3. The van der Waals surface area contributed by atoms with Crippen molar-refractivity contribution in [1.29, 1.82) is 0 Å². The Balaban J connectivity index is 1.74. The van der Waals surface area contributed by atoms with E-state index in [1.165, 1.54) is 16.9 Å². The van der Waals surface area contributed by atoms with Crippen molar-refractivity contribution in [3.8, 4) is 5.13 Å². The van der Waals surface area contributed by atoms with Crippen LogP contribution in [0.2, 0.25) is 0 Å². The summed E-state index contributed by atoms with van der Waals surface area (Å²) in [5.41, 5.74) is 4.11. The van der Waals surface area contributed by atoms with Crippen LogP contribution in [0.25, 0.3) is 5.13 Å². The first-order valence-electron chi connectivity index (χ1n) is 10.6. The number of thiazole rings is 1. The largest absolute Gasteiger partial charge is 0.450 e. The predicted octanol–water partition coefficient (Wildman–Crippen LogP) is 3.51. The molecule has 0 unspecified atom stereocenters. The number of hydrogen-bond donors (Lipinski definition) is 0. The van der Waals surface area contributed by atoms with Gasteiger partial charge in [0.2, 0.25) is 5.13 Å². The highest BCUT2D eigenvalue weighted by atomic mass is 32.1. The van der Waals surface area contributed by atoms with Crippen molar-refractivity contribution in [3.63, 3.8) is 0 Å². The average molecular weight is 434 g/mol. The molecule has 2 aromatic heterocycles. The molecule has 0 radical (unpaired) electrons. The van der Waals surface area contributed by atoms with E-state index >= 15 is 0 Å². The standard InChI is InChI=1S/C21H31N5O3S/c1-6-8-9-17-14(3)23-26(16(17)5)20-22-15(4)18(30-20)19(27)24-10-12-25(13-11-24)21(28)29-7-2/h6-13H2,1-5H3. The first-order valence-corrected chi connectivity index (χ1v) is 11.4. The third-order valence-corrected chi connectivity index (χ3v) is 6.60. The molecule has 2 amide bonds. The third kappa shape index (κ3) is 4.50. The molecule has 1 aliphatic rings. The number of aryl methyl sites for hydroxylation is 2. The van der Waals surface area contributed by atoms with Gasteiger partial charge in [0.05, 0.1) is 18.0 Å². The number of nitrogens with zero attached hydrogens (tertiary/aromatic N) is 5. The monoisotopic (exact) mass is 433 g/mol. The summed E-state index contributed by atoms with van der Waals surface area (Å²) < 4.78 is 6.91. The van der Waals surface area contributed by atoms with Gasteiger partial charge >= 0.3 is 6.09 Å². The van der Waals surface area contributed by atoms with Crippen molar-refractivity contribution in [2.75, 3.05) is 32.8 Å². The Bertz CT molecular complexity index is 912. The van der Waals surface area contributed by atoms with Crippen LogP contribution in [0.3, 0.4) is 0 Å². The summed E-state index contributed by atoms with van der Waals surface area (Å²) in [6.45, 7) is 12.2. The molecule has 164 valence electrons. The second kappa shape index (κ2) is 9.59. The summed E-state index contributed by atoms with van der Waals surface area (Å²) in [4.78, 5) is 33.7. The number of carbonyl (C=O) groups is 2. The molecule has 0 saturated carbocycles. The fourth-order valence-electron chi connectivity index (χ4n) is 3.70. The Hall–Kier alpha value is -2.42. The molecule has 1 aliphatic heterocycles. The molecule has 0 aliphatic carbocycles. The maximum Gasteiger partial charge on any atom is 0.409 e. The maximum absolute atomic E-state index is 13.1. The molecule has 0 bridgehead atoms. The quantitative estimate of drug-likeness (QED) is 0.696. The van der Waals surface area contributed by atoms with E-state index in [1.54, 1.807) is 16.7 Å². The minimum absolute atomic E-state index is 0.0347. The van der Waals surface area contributed by atoms with Crippen LogP contribution in [0.5, 0.6) is 0 Å². The molecule has 30 heavy (non-hydrogen) atoms. The first kappa shape index (κ1) is 22.3. The van der Waals surface area contributed by atoms with Crippen molar-refractivity contribution in [2.45, 2.75) is 53.9 Å². The van der Waals surface area contributed by atoms with Crippen LogP contribution >= 0.6 is 11.3 Å². The van der Waals surface area contributed by atoms with E-state index in [0.717, 1.165) is 41.5 Å². The van der Waals surface area contributed by atoms with E-state index in [4.69, 9.17) is 4.74 Å². The van der Waals surface area contributed by atoms with Gasteiger partial charge in [-0.3, -0.25) is 4.79 Å². The van der Waals surface area contributed by atoms with Crippen molar-refractivity contribution in [3.05, 3.63) is 27.5 Å². The zero-order chi connectivity index (χ0) is 21.8. The molecule has 3 heterocycles. The zero-order valence-corrected chi connectivity index (χ0v) is 19.3. The lowest BCUT2D eigenvalue weighted by Gasteiger charge is -2.33. The van der Waals surface area contributed by atoms with Crippen molar-refractivity contribution < 1.29 is 14.3 Å². The molecule has 1 fully saturated rings. The number of rotatable bonds is 6. The highest BCUT2D eigenvalue weighted by molar-refractivity contribution is 7.16. The minimum atomic E-state index is -0.315. The normalized spacial score (nSPS) is 14.3. The van der Waals surface area contributed by atoms with Gasteiger partial charge in [-0.25, -0.2) is 14.5 Å². The number of unbranched alkanes of at least 4 members (excludes halogenated alkanes) is 1. The lowest BCUT2D eigenvalue weighted by atomic mass is 10.1. The number of piperazine rings is 1. The van der Waals surface area contributed by atoms with Crippen LogP contribution in [0.4, 0.5) is 4.79 Å². The highest BCUT2D eigenvalue weighted by Crippen LogP contribution is 2.27. The summed E-state index contributed by atoms with van der Waals surface area (Å²) in [6, 6.07) is 0. The Labute approximate surface area is 181 Å². The van der Waals surface area contributed by atoms with Gasteiger partial charge in [0.15, 0.2) is 0 Å². The Morgan fingerprint density at radius 3 is 2.33 bits per heavy atom. The third-order valence-electron chi connectivity index (χ3n) is 5.48. The second-order valence-corrected chi connectivity index (χ2v) is 8.53. The van der Waals surface area contributed by atoms with Gasteiger partial charge in [0.1, 0.15) is 4.88 Å².